The van der Waals surface area contributed by atoms with Crippen LogP contribution >= 0.6 is 24.8 Å². The lowest BCUT2D eigenvalue weighted by Gasteiger charge is -2.13. The number of hydrogen-bond acceptors (Lipinski definition) is 5. The van der Waals surface area contributed by atoms with Gasteiger partial charge in [0.05, 0.1) is 6.10 Å². The highest BCUT2D eigenvalue weighted by atomic mass is 35.5. The second-order valence-corrected chi connectivity index (χ2v) is 6.29. The van der Waals surface area contributed by atoms with Crippen molar-refractivity contribution in [1.29, 1.82) is 0 Å². The number of rotatable bonds is 6. The second kappa shape index (κ2) is 12.2. The molecule has 5 N–H and O–H groups in total. The number of aromatic nitrogens is 1. The van der Waals surface area contributed by atoms with Crippen molar-refractivity contribution >= 4 is 48.1 Å². The molecule has 2 aromatic rings. The Morgan fingerprint density at radius 1 is 1.07 bits per heavy atom. The SMILES string of the molecule is Cl.Cl.NC[C@H]1CC[C@@H](C(=O)Nc2cccc(NC(=O)NCc3ccncc3)c2)O1. The number of nitrogens with two attached hydrogens (primary N) is 1. The summed E-state index contributed by atoms with van der Waals surface area (Å²) < 4.78 is 5.59. The van der Waals surface area contributed by atoms with E-state index in [2.05, 4.69) is 20.9 Å². The van der Waals surface area contributed by atoms with E-state index >= 15 is 0 Å². The molecule has 0 radical (unpaired) electrons. The van der Waals surface area contributed by atoms with Gasteiger partial charge >= 0.3 is 6.03 Å². The van der Waals surface area contributed by atoms with E-state index in [-0.39, 0.29) is 42.9 Å². The first-order valence-electron chi connectivity index (χ1n) is 8.84. The van der Waals surface area contributed by atoms with Crippen LogP contribution in [0, 0.1) is 0 Å². The van der Waals surface area contributed by atoms with Crippen molar-refractivity contribution in [3.8, 4) is 0 Å². The van der Waals surface area contributed by atoms with Gasteiger partial charge in [0.1, 0.15) is 6.10 Å². The summed E-state index contributed by atoms with van der Waals surface area (Å²) in [6.45, 7) is 0.809. The molecule has 0 bridgehead atoms. The minimum atomic E-state index is -0.487. The molecule has 1 aliphatic heterocycles. The lowest BCUT2D eigenvalue weighted by Crippen LogP contribution is -2.30. The van der Waals surface area contributed by atoms with Gasteiger partial charge in [-0.25, -0.2) is 4.79 Å². The van der Waals surface area contributed by atoms with Gasteiger partial charge in [0, 0.05) is 36.9 Å². The average Bonchev–Trinajstić information content (AvgIpc) is 3.17. The van der Waals surface area contributed by atoms with Crippen molar-refractivity contribution in [3.05, 3.63) is 54.4 Å². The van der Waals surface area contributed by atoms with Gasteiger partial charge in [-0.15, -0.1) is 24.8 Å². The fraction of sp³-hybridized carbons (Fsp3) is 0.316. The van der Waals surface area contributed by atoms with Crippen LogP contribution in [0.2, 0.25) is 0 Å². The van der Waals surface area contributed by atoms with Crippen LogP contribution in [-0.2, 0) is 16.1 Å². The summed E-state index contributed by atoms with van der Waals surface area (Å²) in [5, 5.41) is 8.33. The summed E-state index contributed by atoms with van der Waals surface area (Å²) in [5.74, 6) is -0.203. The number of urea groups is 1. The van der Waals surface area contributed by atoms with Gasteiger partial charge in [-0.1, -0.05) is 6.07 Å². The van der Waals surface area contributed by atoms with E-state index < -0.39 is 6.10 Å². The number of carbonyl (C=O) groups is 2. The van der Waals surface area contributed by atoms with Crippen LogP contribution in [0.4, 0.5) is 16.2 Å². The van der Waals surface area contributed by atoms with Gasteiger partial charge in [-0.2, -0.15) is 0 Å². The molecule has 3 amide bonds. The first-order valence-corrected chi connectivity index (χ1v) is 8.84. The molecule has 0 saturated carbocycles. The Morgan fingerprint density at radius 3 is 2.41 bits per heavy atom. The Labute approximate surface area is 181 Å². The van der Waals surface area contributed by atoms with E-state index in [0.29, 0.717) is 30.9 Å². The molecule has 2 heterocycles. The first-order chi connectivity index (χ1) is 13.1. The molecule has 0 spiro atoms. The second-order valence-electron chi connectivity index (χ2n) is 6.29. The molecule has 158 valence electrons. The molecule has 0 unspecified atom stereocenters. The Bertz CT molecular complexity index is 794. The van der Waals surface area contributed by atoms with Crippen molar-refractivity contribution in [2.24, 2.45) is 5.73 Å². The van der Waals surface area contributed by atoms with Gasteiger partial charge < -0.3 is 26.4 Å². The van der Waals surface area contributed by atoms with Gasteiger partial charge in [-0.3, -0.25) is 9.78 Å². The van der Waals surface area contributed by atoms with E-state index in [1.54, 1.807) is 36.7 Å². The summed E-state index contributed by atoms with van der Waals surface area (Å²) in [4.78, 5) is 28.3. The van der Waals surface area contributed by atoms with Crippen LogP contribution in [0.5, 0.6) is 0 Å². The van der Waals surface area contributed by atoms with E-state index in [1.807, 2.05) is 12.1 Å². The number of hydrogen-bond donors (Lipinski definition) is 4. The summed E-state index contributed by atoms with van der Waals surface area (Å²) in [6.07, 6.45) is 4.24. The number of anilines is 2. The molecule has 1 aliphatic rings. The van der Waals surface area contributed by atoms with Crippen LogP contribution < -0.4 is 21.7 Å². The Balaban J connectivity index is 0.00000210. The summed E-state index contributed by atoms with van der Waals surface area (Å²) >= 11 is 0. The van der Waals surface area contributed by atoms with Crippen molar-refractivity contribution in [2.75, 3.05) is 17.2 Å². The van der Waals surface area contributed by atoms with Gasteiger partial charge in [0.15, 0.2) is 0 Å². The minimum Gasteiger partial charge on any atom is -0.364 e. The molecule has 8 nitrogen and oxygen atoms in total. The maximum atomic E-state index is 12.3. The van der Waals surface area contributed by atoms with Gasteiger partial charge in [0.2, 0.25) is 0 Å². The van der Waals surface area contributed by atoms with Crippen molar-refractivity contribution in [3.63, 3.8) is 0 Å². The fourth-order valence-corrected chi connectivity index (χ4v) is 2.83. The van der Waals surface area contributed by atoms with Crippen LogP contribution in [0.15, 0.2) is 48.8 Å². The molecule has 29 heavy (non-hydrogen) atoms. The van der Waals surface area contributed by atoms with E-state index in [1.165, 1.54) is 0 Å². The third kappa shape index (κ3) is 7.51. The lowest BCUT2D eigenvalue weighted by atomic mass is 10.2. The largest absolute Gasteiger partial charge is 0.364 e. The Morgan fingerprint density at radius 2 is 1.76 bits per heavy atom. The number of halogens is 2. The third-order valence-electron chi connectivity index (χ3n) is 4.25. The fourth-order valence-electron chi connectivity index (χ4n) is 2.83. The molecular formula is C19H25Cl2N5O3. The van der Waals surface area contributed by atoms with Crippen molar-refractivity contribution in [1.82, 2.24) is 10.3 Å². The number of benzene rings is 1. The van der Waals surface area contributed by atoms with Crippen LogP contribution in [0.1, 0.15) is 18.4 Å². The van der Waals surface area contributed by atoms with E-state index in [0.717, 1.165) is 12.0 Å². The topological polar surface area (TPSA) is 118 Å². The van der Waals surface area contributed by atoms with Crippen LogP contribution in [-0.4, -0.2) is 35.7 Å². The van der Waals surface area contributed by atoms with Crippen molar-refractivity contribution in [2.45, 2.75) is 31.6 Å². The van der Waals surface area contributed by atoms with Crippen LogP contribution in [0.3, 0.4) is 0 Å². The number of ether oxygens (including phenoxy) is 1. The zero-order valence-corrected chi connectivity index (χ0v) is 17.3. The molecule has 10 heteroatoms. The maximum absolute atomic E-state index is 12.3. The van der Waals surface area contributed by atoms with Crippen LogP contribution in [0.25, 0.3) is 0 Å². The number of amides is 3. The highest BCUT2D eigenvalue weighted by Crippen LogP contribution is 2.21. The first kappa shape index (κ1) is 24.6. The Kier molecular flexibility index (Phi) is 10.4. The lowest BCUT2D eigenvalue weighted by molar-refractivity contribution is -0.126. The molecule has 2 atom stereocenters. The Hall–Kier alpha value is -2.39. The molecule has 1 aromatic carbocycles. The summed E-state index contributed by atoms with van der Waals surface area (Å²) in [6, 6.07) is 10.3. The summed E-state index contributed by atoms with van der Waals surface area (Å²) in [7, 11) is 0. The predicted octanol–water partition coefficient (Wildman–Crippen LogP) is 2.69. The molecular weight excluding hydrogens is 417 g/mol. The monoisotopic (exact) mass is 441 g/mol. The quantitative estimate of drug-likeness (QED) is 0.549. The summed E-state index contributed by atoms with van der Waals surface area (Å²) in [5.41, 5.74) is 7.69. The van der Waals surface area contributed by atoms with Crippen molar-refractivity contribution < 1.29 is 14.3 Å². The minimum absolute atomic E-state index is 0. The molecule has 1 fully saturated rings. The number of pyridine rings is 1. The highest BCUT2D eigenvalue weighted by Gasteiger charge is 2.29. The standard InChI is InChI=1S/C19H23N5O3.2ClH/c20-11-16-4-5-17(27-16)18(25)23-14-2-1-3-15(10-14)24-19(26)22-12-13-6-8-21-9-7-13;;/h1-3,6-10,16-17H,4-5,11-12,20H2,(H,23,25)(H2,22,24,26);2*1H/t16-,17+;;/m1../s1. The average molecular weight is 442 g/mol. The number of nitrogens with one attached hydrogen (secondary N) is 3. The number of nitrogens with zero attached hydrogens (tertiary/aromatic N) is 1. The molecule has 3 rings (SSSR count). The van der Waals surface area contributed by atoms with E-state index in [4.69, 9.17) is 10.5 Å². The molecule has 1 saturated heterocycles. The zero-order valence-electron chi connectivity index (χ0n) is 15.7. The molecule has 0 aliphatic carbocycles. The smallest absolute Gasteiger partial charge is 0.319 e. The molecule has 1 aromatic heterocycles. The van der Waals surface area contributed by atoms with E-state index in [9.17, 15) is 9.59 Å². The number of carbonyl (C=O) groups excluding carboxylic acids is 2. The van der Waals surface area contributed by atoms with Gasteiger partial charge in [-0.05, 0) is 48.7 Å². The van der Waals surface area contributed by atoms with Gasteiger partial charge in [0.25, 0.3) is 5.91 Å². The third-order valence-corrected chi connectivity index (χ3v) is 4.25. The maximum Gasteiger partial charge on any atom is 0.319 e. The zero-order chi connectivity index (χ0) is 19.1. The predicted molar refractivity (Wildman–Crippen MR) is 117 cm³/mol. The normalized spacial score (nSPS) is 17.4. The highest BCUT2D eigenvalue weighted by molar-refractivity contribution is 5.95.